The van der Waals surface area contributed by atoms with Crippen LogP contribution in [0, 0.1) is 0 Å². The van der Waals surface area contributed by atoms with Gasteiger partial charge in [0.1, 0.15) is 0 Å². The molecule has 5 rings (SSSR count). The molecule has 7 nitrogen and oxygen atoms in total. The first-order valence-electron chi connectivity index (χ1n) is 8.92. The molecule has 7 heteroatoms. The zero-order valence-corrected chi connectivity index (χ0v) is 14.4. The molecule has 1 atom stereocenters. The van der Waals surface area contributed by atoms with Crippen LogP contribution < -0.4 is 0 Å². The van der Waals surface area contributed by atoms with E-state index in [-0.39, 0.29) is 11.8 Å². The van der Waals surface area contributed by atoms with Gasteiger partial charge in [0.25, 0.3) is 11.6 Å². The highest BCUT2D eigenvalue weighted by Gasteiger charge is 2.30. The van der Waals surface area contributed by atoms with Crippen molar-refractivity contribution in [2.45, 2.75) is 50.9 Å². The van der Waals surface area contributed by atoms with Crippen LogP contribution >= 0.6 is 0 Å². The zero-order chi connectivity index (χ0) is 17.0. The predicted octanol–water partition coefficient (Wildman–Crippen LogP) is 3.78. The summed E-state index contributed by atoms with van der Waals surface area (Å²) in [5.41, 5.74) is 3.35. The Bertz CT molecular complexity index is 920. The molecule has 0 radical (unpaired) electrons. The van der Waals surface area contributed by atoms with E-state index in [2.05, 4.69) is 40.2 Å². The Morgan fingerprint density at radius 1 is 1.04 bits per heavy atom. The Morgan fingerprint density at radius 2 is 1.92 bits per heavy atom. The van der Waals surface area contributed by atoms with Crippen LogP contribution in [0.15, 0.2) is 15.1 Å². The van der Waals surface area contributed by atoms with Crippen LogP contribution in [0.25, 0.3) is 22.6 Å². The fraction of sp³-hybridized carbons (Fsp3) is 0.556. The Balaban J connectivity index is 1.66. The van der Waals surface area contributed by atoms with Gasteiger partial charge in [0.2, 0.25) is 0 Å². The molecule has 3 aromatic rings. The van der Waals surface area contributed by atoms with E-state index in [0.29, 0.717) is 30.0 Å². The third-order valence-electron chi connectivity index (χ3n) is 5.00. The summed E-state index contributed by atoms with van der Waals surface area (Å²) in [7, 11) is 0. The summed E-state index contributed by atoms with van der Waals surface area (Å²) in [6, 6.07) is 2.07. The molecular formula is C18H20N4O3. The van der Waals surface area contributed by atoms with Crippen molar-refractivity contribution >= 4 is 11.1 Å². The van der Waals surface area contributed by atoms with Gasteiger partial charge in [-0.1, -0.05) is 24.2 Å². The number of ether oxygens (including phenoxy) is 1. The van der Waals surface area contributed by atoms with Gasteiger partial charge in [-0.05, 0) is 31.2 Å². The van der Waals surface area contributed by atoms with E-state index in [1.54, 1.807) is 0 Å². The minimum absolute atomic E-state index is 0.213. The zero-order valence-electron chi connectivity index (χ0n) is 14.4. The van der Waals surface area contributed by atoms with Crippen molar-refractivity contribution in [2.75, 3.05) is 13.2 Å². The van der Waals surface area contributed by atoms with Crippen molar-refractivity contribution in [3.05, 3.63) is 23.3 Å². The molecule has 1 saturated heterocycles. The molecule has 0 amide bonds. The molecule has 25 heavy (non-hydrogen) atoms. The molecule has 1 saturated carbocycles. The molecule has 3 aromatic heterocycles. The largest absolute Gasteiger partial charge is 0.381 e. The molecule has 1 aliphatic heterocycles. The van der Waals surface area contributed by atoms with E-state index in [1.807, 2.05) is 0 Å². The first-order valence-corrected chi connectivity index (χ1v) is 8.92. The average molecular weight is 340 g/mol. The molecule has 2 fully saturated rings. The first kappa shape index (κ1) is 15.0. The number of pyridine rings is 1. The lowest BCUT2D eigenvalue weighted by atomic mass is 10.0. The molecule has 130 valence electrons. The van der Waals surface area contributed by atoms with Gasteiger partial charge in [-0.15, -0.1) is 0 Å². The van der Waals surface area contributed by atoms with Crippen molar-refractivity contribution in [3.63, 3.8) is 0 Å². The summed E-state index contributed by atoms with van der Waals surface area (Å²) in [4.78, 5) is 9.33. The number of rotatable bonds is 4. The van der Waals surface area contributed by atoms with Crippen LogP contribution in [0.1, 0.15) is 68.1 Å². The number of fused-ring (bicyclic) bond motifs is 1. The minimum atomic E-state index is 0.213. The maximum Gasteiger partial charge on any atom is 0.259 e. The average Bonchev–Trinajstić information content (AvgIpc) is 3.05. The van der Waals surface area contributed by atoms with Crippen molar-refractivity contribution < 1.29 is 13.8 Å². The number of hydrogen-bond donors (Lipinski definition) is 0. The van der Waals surface area contributed by atoms with Gasteiger partial charge in [-0.25, -0.2) is 4.98 Å². The monoisotopic (exact) mass is 340 g/mol. The van der Waals surface area contributed by atoms with Crippen LogP contribution in [0.3, 0.4) is 0 Å². The van der Waals surface area contributed by atoms with E-state index < -0.39 is 0 Å². The summed E-state index contributed by atoms with van der Waals surface area (Å²) in [6.07, 6.45) is 3.26. The molecule has 0 aromatic carbocycles. The highest BCUT2D eigenvalue weighted by Crippen LogP contribution is 2.43. The van der Waals surface area contributed by atoms with Gasteiger partial charge in [0, 0.05) is 24.1 Å². The molecule has 1 unspecified atom stereocenters. The quantitative estimate of drug-likeness (QED) is 0.714. The van der Waals surface area contributed by atoms with E-state index in [9.17, 15) is 0 Å². The van der Waals surface area contributed by atoms with Crippen LogP contribution in [0.4, 0.5) is 0 Å². The maximum absolute atomic E-state index is 5.62. The van der Waals surface area contributed by atoms with Crippen LogP contribution in [-0.4, -0.2) is 33.5 Å². The van der Waals surface area contributed by atoms with Gasteiger partial charge < -0.3 is 13.8 Å². The standard InChI is InChI=1S/C18H20N4O3/c1-9(2)15-14-12(7-13(10-3-4-10)19-18(14)25-21-15)17-20-16(22-24-17)11-5-6-23-8-11/h7,9-11H,3-6,8H2,1-2H3. The lowest BCUT2D eigenvalue weighted by molar-refractivity contribution is 0.192. The summed E-state index contributed by atoms with van der Waals surface area (Å²) in [5, 5.41) is 9.32. The molecule has 1 aliphatic carbocycles. The van der Waals surface area contributed by atoms with Crippen molar-refractivity contribution in [1.82, 2.24) is 20.3 Å². The molecular weight excluding hydrogens is 320 g/mol. The van der Waals surface area contributed by atoms with Crippen molar-refractivity contribution in [1.29, 1.82) is 0 Å². The molecule has 4 heterocycles. The second-order valence-electron chi connectivity index (χ2n) is 7.29. The lowest BCUT2D eigenvalue weighted by Crippen LogP contribution is -2.00. The summed E-state index contributed by atoms with van der Waals surface area (Å²) in [5.74, 6) is 2.17. The van der Waals surface area contributed by atoms with E-state index >= 15 is 0 Å². The highest BCUT2D eigenvalue weighted by molar-refractivity contribution is 5.92. The fourth-order valence-electron chi connectivity index (χ4n) is 3.39. The van der Waals surface area contributed by atoms with Gasteiger partial charge in [0.05, 0.1) is 23.3 Å². The topological polar surface area (TPSA) is 87.1 Å². The summed E-state index contributed by atoms with van der Waals surface area (Å²) in [6.45, 7) is 5.58. The van der Waals surface area contributed by atoms with Crippen LogP contribution in [-0.2, 0) is 4.74 Å². The SMILES string of the molecule is CC(C)c1noc2nc(C3CC3)cc(-c3nc(C4CCOC4)no3)c12. The third kappa shape index (κ3) is 2.54. The van der Waals surface area contributed by atoms with E-state index in [4.69, 9.17) is 13.8 Å². The third-order valence-corrected chi connectivity index (χ3v) is 5.00. The second kappa shape index (κ2) is 5.62. The Labute approximate surface area is 144 Å². The van der Waals surface area contributed by atoms with E-state index in [0.717, 1.165) is 48.2 Å². The smallest absolute Gasteiger partial charge is 0.259 e. The predicted molar refractivity (Wildman–Crippen MR) is 89.3 cm³/mol. The van der Waals surface area contributed by atoms with Gasteiger partial charge >= 0.3 is 0 Å². The summed E-state index contributed by atoms with van der Waals surface area (Å²) < 4.78 is 16.6. The normalized spacial score (nSPS) is 20.8. The second-order valence-corrected chi connectivity index (χ2v) is 7.29. The Kier molecular flexibility index (Phi) is 3.38. The summed E-state index contributed by atoms with van der Waals surface area (Å²) >= 11 is 0. The number of aromatic nitrogens is 4. The fourth-order valence-corrected chi connectivity index (χ4v) is 3.39. The minimum Gasteiger partial charge on any atom is -0.381 e. The number of nitrogens with zero attached hydrogens (tertiary/aromatic N) is 4. The number of hydrogen-bond acceptors (Lipinski definition) is 7. The van der Waals surface area contributed by atoms with Crippen LogP contribution in [0.2, 0.25) is 0 Å². The lowest BCUT2D eigenvalue weighted by Gasteiger charge is -2.04. The molecule has 0 bridgehead atoms. The Hall–Kier alpha value is -2.28. The van der Waals surface area contributed by atoms with Gasteiger partial charge in [0.15, 0.2) is 5.82 Å². The van der Waals surface area contributed by atoms with Gasteiger partial charge in [-0.2, -0.15) is 4.98 Å². The van der Waals surface area contributed by atoms with Crippen LogP contribution in [0.5, 0.6) is 0 Å². The Morgan fingerprint density at radius 3 is 2.64 bits per heavy atom. The van der Waals surface area contributed by atoms with E-state index in [1.165, 1.54) is 0 Å². The van der Waals surface area contributed by atoms with Gasteiger partial charge in [-0.3, -0.25) is 0 Å². The maximum atomic E-state index is 5.62. The van der Waals surface area contributed by atoms with Crippen molar-refractivity contribution in [2.24, 2.45) is 0 Å². The molecule has 0 N–H and O–H groups in total. The first-order chi connectivity index (χ1) is 12.2. The highest BCUT2D eigenvalue weighted by atomic mass is 16.5. The van der Waals surface area contributed by atoms with Crippen molar-refractivity contribution in [3.8, 4) is 11.5 Å². The molecule has 2 aliphatic rings. The molecule has 0 spiro atoms.